The molecule has 0 spiro atoms. The molecule has 3 aliphatic rings. The molecule has 2 aliphatic heterocycles. The minimum atomic E-state index is -1.23. The van der Waals surface area contributed by atoms with Crippen LogP contribution in [0.1, 0.15) is 67.3 Å². The van der Waals surface area contributed by atoms with Crippen molar-refractivity contribution in [1.82, 2.24) is 21.3 Å². The van der Waals surface area contributed by atoms with Crippen molar-refractivity contribution >= 4 is 29.4 Å². The van der Waals surface area contributed by atoms with Crippen LogP contribution in [0.4, 0.5) is 0 Å². The molecule has 4 amide bonds. The van der Waals surface area contributed by atoms with Crippen LogP contribution in [-0.4, -0.2) is 60.9 Å². The van der Waals surface area contributed by atoms with Crippen LogP contribution in [-0.2, 0) is 25.6 Å². The van der Waals surface area contributed by atoms with Gasteiger partial charge in [0.15, 0.2) is 11.5 Å². The van der Waals surface area contributed by atoms with Gasteiger partial charge in [-0.3, -0.25) is 24.0 Å². The number of hydrogen-bond donors (Lipinski definition) is 4. The summed E-state index contributed by atoms with van der Waals surface area (Å²) in [4.78, 5) is 66.2. The number of amides is 4. The average molecular weight is 591 g/mol. The molecule has 0 aromatic heterocycles. The molecular weight excluding hydrogens is 552 g/mol. The van der Waals surface area contributed by atoms with Crippen LogP contribution >= 0.6 is 0 Å². The highest BCUT2D eigenvalue weighted by Crippen LogP contribution is 2.32. The second-order valence-corrected chi connectivity index (χ2v) is 11.4. The number of benzene rings is 2. The van der Waals surface area contributed by atoms with E-state index in [2.05, 4.69) is 21.3 Å². The van der Waals surface area contributed by atoms with E-state index in [1.54, 1.807) is 18.2 Å². The van der Waals surface area contributed by atoms with Crippen molar-refractivity contribution in [1.29, 1.82) is 0 Å². The van der Waals surface area contributed by atoms with Gasteiger partial charge in [0.2, 0.25) is 24.4 Å². The summed E-state index contributed by atoms with van der Waals surface area (Å²) in [6.07, 6.45) is 6.06. The van der Waals surface area contributed by atoms with Crippen LogP contribution in [0, 0.1) is 5.92 Å². The van der Waals surface area contributed by atoms with Crippen molar-refractivity contribution < 1.29 is 33.4 Å². The number of hydrogen-bond acceptors (Lipinski definition) is 7. The Balaban J connectivity index is 1.34. The Morgan fingerprint density at radius 3 is 2.40 bits per heavy atom. The molecule has 2 fully saturated rings. The maximum absolute atomic E-state index is 13.8. The first-order valence-corrected chi connectivity index (χ1v) is 15.0. The normalized spacial score (nSPS) is 19.4. The molecule has 2 aromatic rings. The molecule has 4 N–H and O–H groups in total. The first-order chi connectivity index (χ1) is 20.9. The largest absolute Gasteiger partial charge is 0.454 e. The van der Waals surface area contributed by atoms with E-state index >= 15 is 0 Å². The number of carbonyl (C=O) groups is 5. The molecule has 3 atom stereocenters. The molecule has 11 heteroatoms. The first-order valence-electron chi connectivity index (χ1n) is 15.0. The van der Waals surface area contributed by atoms with Gasteiger partial charge in [-0.15, -0.1) is 0 Å². The predicted octanol–water partition coefficient (Wildman–Crippen LogP) is 2.18. The van der Waals surface area contributed by atoms with Crippen LogP contribution in [0.15, 0.2) is 48.5 Å². The number of piperidine rings is 1. The highest BCUT2D eigenvalue weighted by atomic mass is 16.7. The van der Waals surface area contributed by atoms with Gasteiger partial charge in [0.1, 0.15) is 6.04 Å². The van der Waals surface area contributed by atoms with Crippen LogP contribution in [0.5, 0.6) is 11.5 Å². The smallest absolute Gasteiger partial charge is 0.289 e. The fraction of sp³-hybridized carbons (Fsp3) is 0.469. The zero-order valence-corrected chi connectivity index (χ0v) is 24.1. The lowest BCUT2D eigenvalue weighted by molar-refractivity contribution is -0.141. The molecule has 2 heterocycles. The van der Waals surface area contributed by atoms with E-state index in [4.69, 9.17) is 9.47 Å². The molecule has 1 saturated heterocycles. The summed E-state index contributed by atoms with van der Waals surface area (Å²) in [5.41, 5.74) is 1.06. The second kappa shape index (κ2) is 14.2. The van der Waals surface area contributed by atoms with Crippen molar-refractivity contribution in [3.05, 3.63) is 59.7 Å². The van der Waals surface area contributed by atoms with Gasteiger partial charge in [-0.2, -0.15) is 0 Å². The van der Waals surface area contributed by atoms with Crippen LogP contribution in [0.25, 0.3) is 0 Å². The van der Waals surface area contributed by atoms with Crippen LogP contribution in [0.2, 0.25) is 0 Å². The van der Waals surface area contributed by atoms with E-state index < -0.39 is 41.5 Å². The molecule has 1 saturated carbocycles. The number of rotatable bonds is 11. The highest BCUT2D eigenvalue weighted by Gasteiger charge is 2.35. The summed E-state index contributed by atoms with van der Waals surface area (Å²) in [5, 5.41) is 11.2. The van der Waals surface area contributed by atoms with E-state index in [1.807, 2.05) is 30.3 Å². The summed E-state index contributed by atoms with van der Waals surface area (Å²) in [5.74, 6) is -2.48. The Kier molecular flexibility index (Phi) is 9.91. The number of Topliss-reactive ketones (excluding diaryl/α,β-unsaturated/α-hetero) is 1. The van der Waals surface area contributed by atoms with Gasteiger partial charge in [-0.05, 0) is 55.9 Å². The summed E-state index contributed by atoms with van der Waals surface area (Å²) in [6, 6.07) is 11.5. The molecule has 0 radical (unpaired) electrons. The molecule has 1 unspecified atom stereocenters. The minimum Gasteiger partial charge on any atom is -0.454 e. The molecule has 11 nitrogen and oxygen atoms in total. The van der Waals surface area contributed by atoms with Gasteiger partial charge in [-0.25, -0.2) is 0 Å². The highest BCUT2D eigenvalue weighted by molar-refractivity contribution is 6.38. The van der Waals surface area contributed by atoms with E-state index in [-0.39, 0.29) is 37.1 Å². The van der Waals surface area contributed by atoms with E-state index in [0.717, 1.165) is 44.1 Å². The van der Waals surface area contributed by atoms with Crippen molar-refractivity contribution in [3.8, 4) is 11.5 Å². The lowest BCUT2D eigenvalue weighted by atomic mass is 9.89. The van der Waals surface area contributed by atoms with E-state index in [0.29, 0.717) is 24.5 Å². The minimum absolute atomic E-state index is 0.0113. The quantitative estimate of drug-likeness (QED) is 0.293. The lowest BCUT2D eigenvalue weighted by Crippen LogP contribution is -2.56. The van der Waals surface area contributed by atoms with Crippen LogP contribution < -0.4 is 30.7 Å². The van der Waals surface area contributed by atoms with E-state index in [9.17, 15) is 24.0 Å². The summed E-state index contributed by atoms with van der Waals surface area (Å²) in [6.45, 7) is 0.607. The van der Waals surface area contributed by atoms with Gasteiger partial charge in [0.25, 0.3) is 11.8 Å². The molecule has 228 valence electrons. The summed E-state index contributed by atoms with van der Waals surface area (Å²) >= 11 is 0. The van der Waals surface area contributed by atoms with Gasteiger partial charge in [-0.1, -0.05) is 49.6 Å². The van der Waals surface area contributed by atoms with Crippen molar-refractivity contribution in [2.45, 2.75) is 75.9 Å². The zero-order chi connectivity index (χ0) is 30.2. The maximum Gasteiger partial charge on any atom is 0.289 e. The number of ketones is 1. The van der Waals surface area contributed by atoms with E-state index in [1.165, 1.54) is 0 Å². The molecular formula is C32H38N4O7. The third kappa shape index (κ3) is 7.91. The van der Waals surface area contributed by atoms with Crippen molar-refractivity contribution in [3.63, 3.8) is 0 Å². The van der Waals surface area contributed by atoms with Gasteiger partial charge < -0.3 is 30.7 Å². The summed E-state index contributed by atoms with van der Waals surface area (Å²) in [7, 11) is 0. The molecule has 5 rings (SSSR count). The zero-order valence-electron chi connectivity index (χ0n) is 24.1. The maximum atomic E-state index is 13.8. The average Bonchev–Trinajstić information content (AvgIpc) is 3.50. The Morgan fingerprint density at radius 1 is 0.860 bits per heavy atom. The van der Waals surface area contributed by atoms with Gasteiger partial charge in [0, 0.05) is 30.5 Å². The number of nitrogens with one attached hydrogen (secondary N) is 4. The van der Waals surface area contributed by atoms with Crippen molar-refractivity contribution in [2.24, 2.45) is 5.92 Å². The fourth-order valence-electron chi connectivity index (χ4n) is 5.85. The first kappa shape index (κ1) is 30.1. The lowest BCUT2D eigenvalue weighted by Gasteiger charge is -2.28. The van der Waals surface area contributed by atoms with Gasteiger partial charge >= 0.3 is 0 Å². The standard InChI is InChI=1S/C32H38N4O7/c37-28(32(41)34-23-11-5-2-6-12-23)24(17-21-10-7-15-33-29(21)38)35-31(40)25(16-20-8-3-1-4-9-20)36-30(39)22-13-14-26-27(18-22)43-19-42-26/h1,3-4,8-9,13-14,18,21,23-25H,2,5-7,10-12,15-17,19H2,(H,33,38)(H,34,41)(H,35,40)(H,36,39)/t21-,24?,25-/m0/s1. The Bertz CT molecular complexity index is 1340. The fourth-order valence-corrected chi connectivity index (χ4v) is 5.85. The predicted molar refractivity (Wildman–Crippen MR) is 156 cm³/mol. The summed E-state index contributed by atoms with van der Waals surface area (Å²) < 4.78 is 10.7. The molecule has 0 bridgehead atoms. The number of carbonyl (C=O) groups excluding carboxylic acids is 5. The van der Waals surface area contributed by atoms with Gasteiger partial charge in [0.05, 0.1) is 6.04 Å². The Hall–Kier alpha value is -4.41. The van der Waals surface area contributed by atoms with Crippen LogP contribution in [0.3, 0.4) is 0 Å². The molecule has 43 heavy (non-hydrogen) atoms. The third-order valence-corrected chi connectivity index (χ3v) is 8.26. The topological polar surface area (TPSA) is 152 Å². The Labute approximate surface area is 250 Å². The molecule has 2 aromatic carbocycles. The second-order valence-electron chi connectivity index (χ2n) is 11.4. The number of ether oxygens (including phenoxy) is 2. The SMILES string of the molecule is O=C(NC1CCCCC1)C(=O)C(C[C@@H]1CCCNC1=O)NC(=O)[C@H](Cc1ccccc1)NC(=O)c1ccc2c(c1)OCO2. The molecule has 1 aliphatic carbocycles. The number of fused-ring (bicyclic) bond motifs is 1. The van der Waals surface area contributed by atoms with Crippen molar-refractivity contribution in [2.75, 3.05) is 13.3 Å². The monoisotopic (exact) mass is 590 g/mol. The third-order valence-electron chi connectivity index (χ3n) is 8.26. The Morgan fingerprint density at radius 2 is 1.63 bits per heavy atom.